The van der Waals surface area contributed by atoms with Gasteiger partial charge in [-0.05, 0) is 73.0 Å². The summed E-state index contributed by atoms with van der Waals surface area (Å²) in [5.41, 5.74) is 1.75. The van der Waals surface area contributed by atoms with Crippen LogP contribution in [0.15, 0.2) is 102 Å². The summed E-state index contributed by atoms with van der Waals surface area (Å²) in [4.78, 5) is 13.6. The molecule has 0 aliphatic carbocycles. The molecule has 7 nitrogen and oxygen atoms in total. The van der Waals surface area contributed by atoms with Gasteiger partial charge < -0.3 is 14.8 Å². The fourth-order valence-corrected chi connectivity index (χ4v) is 5.29. The fraction of sp³-hybridized carbons (Fsp3) is 0.138. The van der Waals surface area contributed by atoms with Crippen molar-refractivity contribution < 1.29 is 22.7 Å². The van der Waals surface area contributed by atoms with Crippen LogP contribution in [-0.2, 0) is 21.2 Å². The van der Waals surface area contributed by atoms with Crippen LogP contribution in [0.1, 0.15) is 11.1 Å². The van der Waals surface area contributed by atoms with Crippen molar-refractivity contribution in [1.29, 1.82) is 0 Å². The topological polar surface area (TPSA) is 93.7 Å². The Morgan fingerprint density at radius 1 is 0.895 bits per heavy atom. The number of hydrogen-bond acceptors (Lipinski definition) is 5. The third kappa shape index (κ3) is 6.92. The SMILES string of the molecule is COc1ccc(S(=O)(=O)NC(Cc2ccccc2)C(=O)Nc2cc(Cl)ccc2Oc2ccccc2)cc1C. The molecule has 0 spiro atoms. The van der Waals surface area contributed by atoms with E-state index in [1.54, 1.807) is 43.3 Å². The quantitative estimate of drug-likeness (QED) is 0.253. The van der Waals surface area contributed by atoms with Gasteiger partial charge in [0.25, 0.3) is 0 Å². The Balaban J connectivity index is 1.63. The van der Waals surface area contributed by atoms with Crippen LogP contribution in [0.5, 0.6) is 17.2 Å². The van der Waals surface area contributed by atoms with Crippen molar-refractivity contribution in [3.63, 3.8) is 0 Å². The largest absolute Gasteiger partial charge is 0.496 e. The number of ether oxygens (including phenoxy) is 2. The highest BCUT2D eigenvalue weighted by atomic mass is 35.5. The molecule has 0 fully saturated rings. The van der Waals surface area contributed by atoms with E-state index in [-0.39, 0.29) is 11.3 Å². The number of sulfonamides is 1. The minimum absolute atomic E-state index is 0.0255. The van der Waals surface area contributed by atoms with E-state index >= 15 is 0 Å². The summed E-state index contributed by atoms with van der Waals surface area (Å²) in [5.74, 6) is 0.931. The molecule has 0 bridgehead atoms. The Labute approximate surface area is 227 Å². The number of aryl methyl sites for hydroxylation is 1. The van der Waals surface area contributed by atoms with Gasteiger partial charge in [0, 0.05) is 5.02 Å². The highest BCUT2D eigenvalue weighted by molar-refractivity contribution is 7.89. The fourth-order valence-electron chi connectivity index (χ4n) is 3.84. The molecule has 1 unspecified atom stereocenters. The minimum Gasteiger partial charge on any atom is -0.496 e. The molecular formula is C29H27ClN2O5S. The molecule has 1 atom stereocenters. The van der Waals surface area contributed by atoms with Gasteiger partial charge >= 0.3 is 0 Å². The van der Waals surface area contributed by atoms with Gasteiger partial charge in [-0.1, -0.05) is 60.1 Å². The number of rotatable bonds is 10. The second-order valence-corrected chi connectivity index (χ2v) is 10.7. The summed E-state index contributed by atoms with van der Waals surface area (Å²) in [6.07, 6.45) is 0.122. The number of carbonyl (C=O) groups excluding carboxylic acids is 1. The number of anilines is 1. The molecule has 2 N–H and O–H groups in total. The number of nitrogens with one attached hydrogen (secondary N) is 2. The summed E-state index contributed by atoms with van der Waals surface area (Å²) < 4.78 is 40.4. The minimum atomic E-state index is -4.05. The van der Waals surface area contributed by atoms with Crippen molar-refractivity contribution >= 4 is 33.2 Å². The van der Waals surface area contributed by atoms with Crippen LogP contribution in [0.25, 0.3) is 0 Å². The second-order valence-electron chi connectivity index (χ2n) is 8.54. The van der Waals surface area contributed by atoms with Gasteiger partial charge in [-0.15, -0.1) is 0 Å². The van der Waals surface area contributed by atoms with E-state index in [2.05, 4.69) is 10.0 Å². The summed E-state index contributed by atoms with van der Waals surface area (Å²) in [5, 5.41) is 3.18. The smallest absolute Gasteiger partial charge is 0.243 e. The van der Waals surface area contributed by atoms with E-state index in [0.29, 0.717) is 33.5 Å². The van der Waals surface area contributed by atoms with Gasteiger partial charge in [-0.3, -0.25) is 4.79 Å². The first-order valence-corrected chi connectivity index (χ1v) is 13.7. The number of carbonyl (C=O) groups is 1. The molecule has 4 aromatic carbocycles. The predicted molar refractivity (Wildman–Crippen MR) is 149 cm³/mol. The van der Waals surface area contributed by atoms with Gasteiger partial charge in [-0.25, -0.2) is 8.42 Å². The van der Waals surface area contributed by atoms with Gasteiger partial charge in [0.05, 0.1) is 17.7 Å². The Morgan fingerprint density at radius 2 is 1.55 bits per heavy atom. The first kappa shape index (κ1) is 27.2. The zero-order valence-electron chi connectivity index (χ0n) is 20.8. The summed E-state index contributed by atoms with van der Waals surface area (Å²) in [6, 6.07) is 26.5. The van der Waals surface area contributed by atoms with E-state index in [1.807, 2.05) is 48.5 Å². The standard InChI is InChI=1S/C29H27ClN2O5S/c1-20-17-24(14-16-27(20)36-2)38(34,35)32-26(18-21-9-5-3-6-10-21)29(33)31-25-19-22(30)13-15-28(25)37-23-11-7-4-8-12-23/h3-17,19,26,32H,18H2,1-2H3,(H,31,33). The molecule has 0 radical (unpaired) electrons. The molecule has 38 heavy (non-hydrogen) atoms. The average Bonchev–Trinajstić information content (AvgIpc) is 2.91. The van der Waals surface area contributed by atoms with E-state index in [9.17, 15) is 13.2 Å². The normalized spacial score (nSPS) is 12.0. The third-order valence-corrected chi connectivity index (χ3v) is 7.45. The van der Waals surface area contributed by atoms with Crippen molar-refractivity contribution in [3.05, 3.63) is 113 Å². The number of amides is 1. The predicted octanol–water partition coefficient (Wildman–Crippen LogP) is 5.98. The zero-order chi connectivity index (χ0) is 27.1. The molecule has 0 aromatic heterocycles. The number of halogens is 1. The Hall–Kier alpha value is -3.85. The van der Waals surface area contributed by atoms with E-state index in [0.717, 1.165) is 5.56 Å². The van der Waals surface area contributed by atoms with Crippen LogP contribution in [0, 0.1) is 6.92 Å². The van der Waals surface area contributed by atoms with Crippen LogP contribution in [0.3, 0.4) is 0 Å². The number of benzene rings is 4. The lowest BCUT2D eigenvalue weighted by molar-refractivity contribution is -0.117. The van der Waals surface area contributed by atoms with E-state index in [4.69, 9.17) is 21.1 Å². The number of hydrogen-bond donors (Lipinski definition) is 2. The molecule has 0 saturated heterocycles. The lowest BCUT2D eigenvalue weighted by Crippen LogP contribution is -2.45. The third-order valence-electron chi connectivity index (χ3n) is 5.74. The summed E-state index contributed by atoms with van der Waals surface area (Å²) >= 11 is 6.21. The van der Waals surface area contributed by atoms with Crippen molar-refractivity contribution in [1.82, 2.24) is 4.72 Å². The maximum atomic E-state index is 13.6. The van der Waals surface area contributed by atoms with Crippen molar-refractivity contribution in [2.75, 3.05) is 12.4 Å². The highest BCUT2D eigenvalue weighted by Gasteiger charge is 2.27. The van der Waals surface area contributed by atoms with Crippen LogP contribution in [-0.4, -0.2) is 27.5 Å². The molecule has 1 amide bonds. The molecule has 0 saturated carbocycles. The lowest BCUT2D eigenvalue weighted by atomic mass is 10.1. The second kappa shape index (κ2) is 12.1. The highest BCUT2D eigenvalue weighted by Crippen LogP contribution is 2.32. The molecule has 196 valence electrons. The molecule has 4 aromatic rings. The van der Waals surface area contributed by atoms with E-state index in [1.165, 1.54) is 19.2 Å². The monoisotopic (exact) mass is 550 g/mol. The van der Waals surface area contributed by atoms with Crippen molar-refractivity contribution in [2.24, 2.45) is 0 Å². The molecule has 4 rings (SSSR count). The maximum absolute atomic E-state index is 13.6. The van der Waals surface area contributed by atoms with Crippen LogP contribution in [0.2, 0.25) is 5.02 Å². The summed E-state index contributed by atoms with van der Waals surface area (Å²) in [7, 11) is -2.54. The summed E-state index contributed by atoms with van der Waals surface area (Å²) in [6.45, 7) is 1.75. The van der Waals surface area contributed by atoms with Crippen LogP contribution < -0.4 is 19.5 Å². The molecule has 0 aliphatic heterocycles. The Bertz CT molecular complexity index is 1510. The van der Waals surface area contributed by atoms with Crippen molar-refractivity contribution in [3.8, 4) is 17.2 Å². The maximum Gasteiger partial charge on any atom is 0.243 e. The van der Waals surface area contributed by atoms with E-state index < -0.39 is 22.0 Å². The zero-order valence-corrected chi connectivity index (χ0v) is 22.4. The first-order valence-electron chi connectivity index (χ1n) is 11.8. The average molecular weight is 551 g/mol. The van der Waals surface area contributed by atoms with Gasteiger partial charge in [0.1, 0.15) is 17.5 Å². The van der Waals surface area contributed by atoms with Crippen molar-refractivity contribution in [2.45, 2.75) is 24.3 Å². The number of methoxy groups -OCH3 is 1. The van der Waals surface area contributed by atoms with Crippen LogP contribution >= 0.6 is 11.6 Å². The lowest BCUT2D eigenvalue weighted by Gasteiger charge is -2.20. The molecule has 0 heterocycles. The Kier molecular flexibility index (Phi) is 8.68. The first-order chi connectivity index (χ1) is 18.2. The number of para-hydroxylation sites is 1. The van der Waals surface area contributed by atoms with Crippen LogP contribution in [0.4, 0.5) is 5.69 Å². The molecular weight excluding hydrogens is 524 g/mol. The van der Waals surface area contributed by atoms with Gasteiger partial charge in [0.2, 0.25) is 15.9 Å². The van der Waals surface area contributed by atoms with Gasteiger partial charge in [0.15, 0.2) is 5.75 Å². The molecule has 9 heteroatoms. The Morgan fingerprint density at radius 3 is 2.21 bits per heavy atom. The molecule has 0 aliphatic rings. The van der Waals surface area contributed by atoms with Gasteiger partial charge in [-0.2, -0.15) is 4.72 Å².